The molecule has 0 aromatic heterocycles. The van der Waals surface area contributed by atoms with E-state index in [0.717, 1.165) is 0 Å². The molecule has 0 radical (unpaired) electrons. The monoisotopic (exact) mass is 405 g/mol. The average Bonchev–Trinajstić information content (AvgIpc) is 2.49. The fourth-order valence-electron chi connectivity index (χ4n) is 2.12. The van der Waals surface area contributed by atoms with E-state index in [9.17, 15) is 14.7 Å². The number of esters is 1. The molecular weight excluding hydrogens is 389 g/mol. The number of halogens is 1. The molecule has 0 saturated carbocycles. The lowest BCUT2D eigenvalue weighted by atomic mass is 10.1. The van der Waals surface area contributed by atoms with Crippen molar-refractivity contribution in [2.75, 3.05) is 26.8 Å². The van der Waals surface area contributed by atoms with Gasteiger partial charge in [-0.3, -0.25) is 9.59 Å². The number of carbonyl (C=O) groups is 2. The molecule has 1 aliphatic heterocycles. The summed E-state index contributed by atoms with van der Waals surface area (Å²) in [7, 11) is 1.32. The fraction of sp³-hybridized carbons (Fsp3) is 0.429. The van der Waals surface area contributed by atoms with Crippen molar-refractivity contribution in [2.45, 2.75) is 12.5 Å². The van der Waals surface area contributed by atoms with Gasteiger partial charge in [-0.2, -0.15) is 0 Å². The van der Waals surface area contributed by atoms with E-state index in [-0.39, 0.29) is 30.2 Å². The van der Waals surface area contributed by atoms with Crippen LogP contribution in [0.2, 0.25) is 0 Å². The smallest absolute Gasteiger partial charge is 0.308 e. The van der Waals surface area contributed by atoms with E-state index in [1.54, 1.807) is 17.0 Å². The summed E-state index contributed by atoms with van der Waals surface area (Å²) in [5, 5.41) is 9.69. The number of phenols is 1. The summed E-state index contributed by atoms with van der Waals surface area (Å²) in [5.74, 6) is -0.457. The van der Waals surface area contributed by atoms with Gasteiger partial charge in [-0.25, -0.2) is 0 Å². The van der Waals surface area contributed by atoms with Gasteiger partial charge in [0, 0.05) is 18.7 Å². The number of phenolic OH excluding ortho intramolecular Hbond substituents is 1. The van der Waals surface area contributed by atoms with Crippen LogP contribution in [0.5, 0.6) is 5.75 Å². The predicted octanol–water partition coefficient (Wildman–Crippen LogP) is 1.40. The minimum atomic E-state index is -0.360. The Morgan fingerprint density at radius 1 is 1.52 bits per heavy atom. The van der Waals surface area contributed by atoms with Gasteiger partial charge in [0.1, 0.15) is 5.75 Å². The topological polar surface area (TPSA) is 76.1 Å². The summed E-state index contributed by atoms with van der Waals surface area (Å²) in [4.78, 5) is 25.3. The van der Waals surface area contributed by atoms with Crippen molar-refractivity contribution in [3.05, 3.63) is 27.3 Å². The number of ether oxygens (including phenoxy) is 2. The summed E-state index contributed by atoms with van der Waals surface area (Å²) in [6.45, 7) is 1.17. The minimum absolute atomic E-state index is 0.0841. The van der Waals surface area contributed by atoms with E-state index >= 15 is 0 Å². The summed E-state index contributed by atoms with van der Waals surface area (Å²) < 4.78 is 10.8. The quantitative estimate of drug-likeness (QED) is 0.608. The van der Waals surface area contributed by atoms with Crippen LogP contribution in [0, 0.1) is 3.57 Å². The third-order valence-electron chi connectivity index (χ3n) is 3.24. The van der Waals surface area contributed by atoms with Crippen molar-refractivity contribution in [2.24, 2.45) is 0 Å². The molecule has 21 heavy (non-hydrogen) atoms. The summed E-state index contributed by atoms with van der Waals surface area (Å²) in [6.07, 6.45) is -0.231. The van der Waals surface area contributed by atoms with Gasteiger partial charge in [-0.05, 0) is 40.8 Å². The van der Waals surface area contributed by atoms with Crippen LogP contribution in [0.25, 0.3) is 0 Å². The van der Waals surface area contributed by atoms with E-state index in [0.29, 0.717) is 28.8 Å². The maximum Gasteiger partial charge on any atom is 0.308 e. The number of nitrogens with zero attached hydrogens (tertiary/aromatic N) is 1. The Morgan fingerprint density at radius 2 is 2.29 bits per heavy atom. The van der Waals surface area contributed by atoms with E-state index < -0.39 is 0 Å². The van der Waals surface area contributed by atoms with Gasteiger partial charge >= 0.3 is 5.97 Å². The van der Waals surface area contributed by atoms with Crippen molar-refractivity contribution < 1.29 is 24.2 Å². The van der Waals surface area contributed by atoms with Crippen molar-refractivity contribution >= 4 is 34.5 Å². The average molecular weight is 405 g/mol. The Labute approximate surface area is 136 Å². The summed E-state index contributed by atoms with van der Waals surface area (Å²) in [6, 6.07) is 4.82. The Bertz CT molecular complexity index is 548. The number of amides is 1. The molecule has 1 heterocycles. The highest BCUT2D eigenvalue weighted by molar-refractivity contribution is 14.1. The van der Waals surface area contributed by atoms with Crippen LogP contribution in [-0.4, -0.2) is 54.8 Å². The first-order valence-corrected chi connectivity index (χ1v) is 7.55. The van der Waals surface area contributed by atoms with Crippen LogP contribution >= 0.6 is 22.6 Å². The summed E-state index contributed by atoms with van der Waals surface area (Å²) >= 11 is 1.99. The second-order valence-corrected chi connectivity index (χ2v) is 5.85. The standard InChI is InChI=1S/C14H16INO5/c1-20-13(18)7-10-8-16(4-5-21-10)14(19)9-2-3-11(15)12(17)6-9/h2-3,6,10,17H,4-5,7-8H2,1H3. The second kappa shape index (κ2) is 7.08. The van der Waals surface area contributed by atoms with Crippen molar-refractivity contribution in [3.63, 3.8) is 0 Å². The molecule has 2 rings (SSSR count). The zero-order valence-electron chi connectivity index (χ0n) is 11.5. The number of aromatic hydroxyl groups is 1. The number of benzene rings is 1. The number of methoxy groups -OCH3 is 1. The van der Waals surface area contributed by atoms with E-state index in [2.05, 4.69) is 4.74 Å². The number of rotatable bonds is 3. The Morgan fingerprint density at radius 3 is 2.95 bits per heavy atom. The lowest BCUT2D eigenvalue weighted by Gasteiger charge is -2.32. The molecule has 1 N–H and O–H groups in total. The normalized spacial score (nSPS) is 18.4. The van der Waals surface area contributed by atoms with Gasteiger partial charge in [-0.15, -0.1) is 0 Å². The SMILES string of the molecule is COC(=O)CC1CN(C(=O)c2ccc(I)c(O)c2)CCO1. The fourth-order valence-corrected chi connectivity index (χ4v) is 2.46. The third kappa shape index (κ3) is 4.07. The molecule has 114 valence electrons. The molecule has 1 aliphatic rings. The number of hydrogen-bond donors (Lipinski definition) is 1. The van der Waals surface area contributed by atoms with Gasteiger partial charge in [0.05, 0.1) is 29.8 Å². The first-order valence-electron chi connectivity index (χ1n) is 6.47. The van der Waals surface area contributed by atoms with Crippen molar-refractivity contribution in [3.8, 4) is 5.75 Å². The molecule has 7 heteroatoms. The molecule has 1 fully saturated rings. The zero-order chi connectivity index (χ0) is 15.4. The first-order chi connectivity index (χ1) is 10.0. The lowest BCUT2D eigenvalue weighted by molar-refractivity contribution is -0.145. The molecule has 1 unspecified atom stereocenters. The Kier molecular flexibility index (Phi) is 5.40. The van der Waals surface area contributed by atoms with Crippen LogP contribution in [0.4, 0.5) is 0 Å². The maximum absolute atomic E-state index is 12.4. The predicted molar refractivity (Wildman–Crippen MR) is 83.1 cm³/mol. The highest BCUT2D eigenvalue weighted by Gasteiger charge is 2.27. The van der Waals surface area contributed by atoms with E-state index in [4.69, 9.17) is 4.74 Å². The van der Waals surface area contributed by atoms with Crippen molar-refractivity contribution in [1.29, 1.82) is 0 Å². The Balaban J connectivity index is 2.04. The van der Waals surface area contributed by atoms with E-state index in [1.807, 2.05) is 22.6 Å². The van der Waals surface area contributed by atoms with Gasteiger partial charge in [0.2, 0.25) is 0 Å². The number of carbonyl (C=O) groups excluding carboxylic acids is 2. The molecule has 1 aromatic rings. The molecule has 1 amide bonds. The van der Waals surface area contributed by atoms with Crippen LogP contribution in [0.1, 0.15) is 16.8 Å². The largest absolute Gasteiger partial charge is 0.507 e. The van der Waals surface area contributed by atoms with Crippen LogP contribution in [0.3, 0.4) is 0 Å². The number of hydrogen-bond acceptors (Lipinski definition) is 5. The molecule has 1 saturated heterocycles. The maximum atomic E-state index is 12.4. The van der Waals surface area contributed by atoms with Gasteiger partial charge in [0.25, 0.3) is 5.91 Å². The zero-order valence-corrected chi connectivity index (χ0v) is 13.7. The number of morpholine rings is 1. The third-order valence-corrected chi connectivity index (χ3v) is 4.15. The molecule has 6 nitrogen and oxygen atoms in total. The van der Waals surface area contributed by atoms with E-state index in [1.165, 1.54) is 13.2 Å². The van der Waals surface area contributed by atoms with Crippen molar-refractivity contribution in [1.82, 2.24) is 4.90 Å². The molecule has 1 atom stereocenters. The lowest BCUT2D eigenvalue weighted by Crippen LogP contribution is -2.46. The van der Waals surface area contributed by atoms with Gasteiger partial charge in [0.15, 0.2) is 0 Å². The first kappa shape index (κ1) is 16.0. The van der Waals surface area contributed by atoms with Crippen LogP contribution in [0.15, 0.2) is 18.2 Å². The highest BCUT2D eigenvalue weighted by Crippen LogP contribution is 2.22. The molecular formula is C14H16INO5. The Hall–Kier alpha value is -1.35. The van der Waals surface area contributed by atoms with Crippen LogP contribution < -0.4 is 0 Å². The van der Waals surface area contributed by atoms with Crippen LogP contribution in [-0.2, 0) is 14.3 Å². The molecule has 0 bridgehead atoms. The minimum Gasteiger partial charge on any atom is -0.507 e. The van der Waals surface area contributed by atoms with Gasteiger partial charge in [-0.1, -0.05) is 0 Å². The molecule has 1 aromatic carbocycles. The molecule has 0 aliphatic carbocycles. The molecule has 0 spiro atoms. The highest BCUT2D eigenvalue weighted by atomic mass is 127. The summed E-state index contributed by atoms with van der Waals surface area (Å²) in [5.41, 5.74) is 0.423. The van der Waals surface area contributed by atoms with Gasteiger partial charge < -0.3 is 19.5 Å². The second-order valence-electron chi connectivity index (χ2n) is 4.69.